The molecule has 0 amide bonds. The second-order valence-electron chi connectivity index (χ2n) is 5.90. The van der Waals surface area contributed by atoms with Crippen LogP contribution in [0.15, 0.2) is 6.07 Å². The van der Waals surface area contributed by atoms with Gasteiger partial charge in [-0.1, -0.05) is 18.0 Å². The molecule has 3 heterocycles. The molecule has 1 atom stereocenters. The lowest BCUT2D eigenvalue weighted by Crippen LogP contribution is -2.20. The van der Waals surface area contributed by atoms with Crippen molar-refractivity contribution in [2.75, 3.05) is 6.61 Å². The van der Waals surface area contributed by atoms with Crippen LogP contribution in [0.5, 0.6) is 0 Å². The van der Waals surface area contributed by atoms with Gasteiger partial charge in [-0.3, -0.25) is 0 Å². The van der Waals surface area contributed by atoms with Crippen molar-refractivity contribution in [1.82, 2.24) is 14.8 Å². The minimum atomic E-state index is 0.0477. The Morgan fingerprint density at radius 1 is 1.24 bits per heavy atom. The van der Waals surface area contributed by atoms with Crippen molar-refractivity contribution in [3.63, 3.8) is 0 Å². The summed E-state index contributed by atoms with van der Waals surface area (Å²) in [6.45, 7) is 0.822. The molecule has 4 rings (SSSR count). The van der Waals surface area contributed by atoms with Gasteiger partial charge < -0.3 is 4.74 Å². The van der Waals surface area contributed by atoms with Crippen LogP contribution in [0.3, 0.4) is 0 Å². The highest BCUT2D eigenvalue weighted by atomic mass is 127. The van der Waals surface area contributed by atoms with E-state index < -0.39 is 0 Å². The van der Waals surface area contributed by atoms with E-state index in [4.69, 9.17) is 21.4 Å². The van der Waals surface area contributed by atoms with Crippen LogP contribution in [0.25, 0.3) is 11.0 Å². The molecule has 0 N–H and O–H groups in total. The van der Waals surface area contributed by atoms with Crippen LogP contribution in [0.1, 0.15) is 56.4 Å². The predicted octanol–water partition coefficient (Wildman–Crippen LogP) is 4.66. The predicted molar refractivity (Wildman–Crippen MR) is 90.7 cm³/mol. The number of fused-ring (bicyclic) bond motifs is 1. The number of pyridine rings is 1. The summed E-state index contributed by atoms with van der Waals surface area (Å²) in [6.07, 6.45) is 7.13. The molecule has 0 bridgehead atoms. The summed E-state index contributed by atoms with van der Waals surface area (Å²) in [7, 11) is 0. The van der Waals surface area contributed by atoms with Crippen LogP contribution in [0, 0.1) is 3.57 Å². The third kappa shape index (κ3) is 2.47. The summed E-state index contributed by atoms with van der Waals surface area (Å²) < 4.78 is 9.11. The standard InChI is InChI=1S/C15H17ClIN3O/c16-11-8-10(17)15-14(18-11)13(9-4-3-5-9)19-20(15)12-6-1-2-7-21-12/h8-9,12H,1-7H2. The fourth-order valence-corrected chi connectivity index (χ4v) is 4.34. The van der Waals surface area contributed by atoms with Gasteiger partial charge in [-0.15, -0.1) is 0 Å². The lowest BCUT2D eigenvalue weighted by molar-refractivity contribution is -0.0371. The van der Waals surface area contributed by atoms with Crippen molar-refractivity contribution in [2.45, 2.75) is 50.7 Å². The molecule has 2 aromatic rings. The third-order valence-corrected chi connectivity index (χ3v) is 5.54. The Kier molecular flexibility index (Phi) is 3.83. The highest BCUT2D eigenvalue weighted by Crippen LogP contribution is 2.41. The second-order valence-corrected chi connectivity index (χ2v) is 7.45. The Morgan fingerprint density at radius 3 is 2.76 bits per heavy atom. The molecule has 4 nitrogen and oxygen atoms in total. The van der Waals surface area contributed by atoms with Crippen LogP contribution in [0.4, 0.5) is 0 Å². The molecule has 0 aromatic carbocycles. The molecule has 21 heavy (non-hydrogen) atoms. The van der Waals surface area contributed by atoms with E-state index in [1.807, 2.05) is 6.07 Å². The molecule has 0 radical (unpaired) electrons. The lowest BCUT2D eigenvalue weighted by atomic mass is 9.82. The normalized spacial score (nSPS) is 23.4. The number of ether oxygens (including phenoxy) is 1. The minimum absolute atomic E-state index is 0.0477. The van der Waals surface area contributed by atoms with Crippen molar-refractivity contribution in [3.8, 4) is 0 Å². The van der Waals surface area contributed by atoms with Gasteiger partial charge in [0.2, 0.25) is 0 Å². The van der Waals surface area contributed by atoms with Gasteiger partial charge in [0.15, 0.2) is 6.23 Å². The minimum Gasteiger partial charge on any atom is -0.356 e. The average Bonchev–Trinajstić information content (AvgIpc) is 2.78. The Balaban J connectivity index is 1.88. The van der Waals surface area contributed by atoms with Crippen molar-refractivity contribution < 1.29 is 4.74 Å². The fraction of sp³-hybridized carbons (Fsp3) is 0.600. The molecule has 2 aliphatic rings. The summed E-state index contributed by atoms with van der Waals surface area (Å²) in [5, 5.41) is 5.46. The SMILES string of the molecule is Clc1cc(I)c2c(n1)c(C1CCC1)nn2C1CCCCO1. The van der Waals surface area contributed by atoms with Crippen LogP contribution in [-0.2, 0) is 4.74 Å². The zero-order valence-corrected chi connectivity index (χ0v) is 14.6. The number of hydrogen-bond donors (Lipinski definition) is 0. The van der Waals surface area contributed by atoms with Gasteiger partial charge in [-0.2, -0.15) is 5.10 Å². The van der Waals surface area contributed by atoms with Crippen molar-refractivity contribution in [1.29, 1.82) is 0 Å². The van der Waals surface area contributed by atoms with Gasteiger partial charge in [0.1, 0.15) is 16.2 Å². The van der Waals surface area contributed by atoms with Crippen LogP contribution in [-0.4, -0.2) is 21.4 Å². The van der Waals surface area contributed by atoms with Gasteiger partial charge >= 0.3 is 0 Å². The van der Waals surface area contributed by atoms with Gasteiger partial charge in [0, 0.05) is 16.1 Å². The van der Waals surface area contributed by atoms with E-state index >= 15 is 0 Å². The zero-order valence-electron chi connectivity index (χ0n) is 11.7. The van der Waals surface area contributed by atoms with Crippen molar-refractivity contribution in [3.05, 3.63) is 20.5 Å². The Labute approximate surface area is 142 Å². The van der Waals surface area contributed by atoms with E-state index in [1.165, 1.54) is 25.7 Å². The Hall–Kier alpha value is -0.400. The smallest absolute Gasteiger partial charge is 0.150 e. The number of halogens is 2. The molecule has 2 aromatic heterocycles. The number of hydrogen-bond acceptors (Lipinski definition) is 3. The van der Waals surface area contributed by atoms with E-state index in [1.54, 1.807) is 0 Å². The summed E-state index contributed by atoms with van der Waals surface area (Å²) in [6, 6.07) is 1.91. The second kappa shape index (κ2) is 5.66. The summed E-state index contributed by atoms with van der Waals surface area (Å²) >= 11 is 8.50. The average molecular weight is 418 g/mol. The summed E-state index contributed by atoms with van der Waals surface area (Å²) in [4.78, 5) is 4.58. The van der Waals surface area contributed by atoms with Crippen LogP contribution in [0.2, 0.25) is 5.15 Å². The molecule has 1 aliphatic carbocycles. The van der Waals surface area contributed by atoms with Crippen LogP contribution >= 0.6 is 34.2 Å². The Morgan fingerprint density at radius 2 is 2.10 bits per heavy atom. The van der Waals surface area contributed by atoms with Crippen molar-refractivity contribution >= 4 is 45.2 Å². The van der Waals surface area contributed by atoms with Gasteiger partial charge in [0.05, 0.1) is 5.69 Å². The molecule has 1 saturated carbocycles. The first-order valence-electron chi connectivity index (χ1n) is 7.60. The third-order valence-electron chi connectivity index (χ3n) is 4.52. The first-order valence-corrected chi connectivity index (χ1v) is 9.05. The van der Waals surface area contributed by atoms with Crippen LogP contribution < -0.4 is 0 Å². The molecule has 1 aliphatic heterocycles. The molecular formula is C15H17ClIN3O. The molecule has 1 saturated heterocycles. The first kappa shape index (κ1) is 14.2. The highest BCUT2D eigenvalue weighted by molar-refractivity contribution is 14.1. The van der Waals surface area contributed by atoms with E-state index in [-0.39, 0.29) is 6.23 Å². The van der Waals surface area contributed by atoms with Gasteiger partial charge in [0.25, 0.3) is 0 Å². The Bertz CT molecular complexity index is 677. The van der Waals surface area contributed by atoms with E-state index in [9.17, 15) is 0 Å². The van der Waals surface area contributed by atoms with E-state index in [2.05, 4.69) is 32.3 Å². The maximum atomic E-state index is 6.17. The summed E-state index contributed by atoms with van der Waals surface area (Å²) in [5.74, 6) is 0.541. The molecule has 1 unspecified atom stereocenters. The largest absolute Gasteiger partial charge is 0.356 e. The van der Waals surface area contributed by atoms with Gasteiger partial charge in [-0.25, -0.2) is 9.67 Å². The first-order chi connectivity index (χ1) is 10.2. The molecule has 2 fully saturated rings. The highest BCUT2D eigenvalue weighted by Gasteiger charge is 2.30. The molecule has 6 heteroatoms. The molecule has 0 spiro atoms. The maximum absolute atomic E-state index is 6.17. The monoisotopic (exact) mass is 417 g/mol. The van der Waals surface area contributed by atoms with Crippen molar-refractivity contribution in [2.24, 2.45) is 0 Å². The zero-order chi connectivity index (χ0) is 14.4. The van der Waals surface area contributed by atoms with Gasteiger partial charge in [-0.05, 0) is 60.8 Å². The van der Waals surface area contributed by atoms with E-state index in [0.717, 1.165) is 39.7 Å². The molecule has 112 valence electrons. The quantitative estimate of drug-likeness (QED) is 0.527. The maximum Gasteiger partial charge on any atom is 0.150 e. The number of rotatable bonds is 2. The number of nitrogens with zero attached hydrogens (tertiary/aromatic N) is 3. The topological polar surface area (TPSA) is 39.9 Å². The summed E-state index contributed by atoms with van der Waals surface area (Å²) in [5.41, 5.74) is 3.19. The molecular weight excluding hydrogens is 401 g/mol. The van der Waals surface area contributed by atoms with E-state index in [0.29, 0.717) is 11.1 Å². The lowest BCUT2D eigenvalue weighted by Gasteiger charge is -2.25. The fourth-order valence-electron chi connectivity index (χ4n) is 3.17. The number of aromatic nitrogens is 3.